The number of rotatable bonds is 6. The molecule has 120 valence electrons. The normalized spacial score (nSPS) is 11.2. The zero-order valence-electron chi connectivity index (χ0n) is 13.1. The zero-order valence-corrected chi connectivity index (χ0v) is 13.9. The summed E-state index contributed by atoms with van der Waals surface area (Å²) in [6.07, 6.45) is 1.47. The quantitative estimate of drug-likeness (QED) is 0.576. The van der Waals surface area contributed by atoms with E-state index in [1.807, 2.05) is 36.4 Å². The summed E-state index contributed by atoms with van der Waals surface area (Å²) in [5, 5.41) is 10.8. The summed E-state index contributed by atoms with van der Waals surface area (Å²) in [6, 6.07) is 13.5. The highest BCUT2D eigenvalue weighted by Gasteiger charge is 2.13. The van der Waals surface area contributed by atoms with Gasteiger partial charge >= 0.3 is 0 Å². The Morgan fingerprint density at radius 1 is 1.13 bits per heavy atom. The molecule has 0 aliphatic heterocycles. The van der Waals surface area contributed by atoms with Gasteiger partial charge in [-0.2, -0.15) is 0 Å². The van der Waals surface area contributed by atoms with Gasteiger partial charge in [0.1, 0.15) is 11.5 Å². The van der Waals surface area contributed by atoms with Crippen LogP contribution in [-0.4, -0.2) is 19.1 Å². The summed E-state index contributed by atoms with van der Waals surface area (Å²) in [5.41, 5.74) is 0.643. The van der Waals surface area contributed by atoms with Gasteiger partial charge < -0.3 is 9.47 Å². The van der Waals surface area contributed by atoms with Crippen molar-refractivity contribution in [2.45, 2.75) is 16.7 Å². The summed E-state index contributed by atoms with van der Waals surface area (Å²) < 4.78 is 10.8. The second-order valence-corrected chi connectivity index (χ2v) is 5.82. The smallest absolute Gasteiger partial charge is 0.243 e. The van der Waals surface area contributed by atoms with Crippen LogP contribution in [0.3, 0.4) is 0 Å². The molecule has 0 atom stereocenters. The van der Waals surface area contributed by atoms with Gasteiger partial charge in [0.15, 0.2) is 0 Å². The summed E-state index contributed by atoms with van der Waals surface area (Å²) in [7, 11) is 3.11. The third kappa shape index (κ3) is 4.26. The zero-order chi connectivity index (χ0) is 16.8. The highest BCUT2D eigenvalue weighted by molar-refractivity contribution is 7.99. The molecule has 0 saturated carbocycles. The van der Waals surface area contributed by atoms with E-state index >= 15 is 0 Å². The molecule has 0 spiro atoms. The number of ether oxygens (including phenoxy) is 2. The molecule has 0 bridgehead atoms. The van der Waals surface area contributed by atoms with Crippen LogP contribution in [0.4, 0.5) is 0 Å². The van der Waals surface area contributed by atoms with Gasteiger partial charge in [0.2, 0.25) is 5.70 Å². The first kappa shape index (κ1) is 16.9. The molecule has 0 amide bonds. The third-order valence-corrected chi connectivity index (χ3v) is 4.19. The lowest BCUT2D eigenvalue weighted by molar-refractivity contribution is -0.422. The molecule has 0 radical (unpaired) electrons. The third-order valence-electron chi connectivity index (χ3n) is 3.14. The second kappa shape index (κ2) is 7.69. The molecule has 2 aromatic carbocycles. The van der Waals surface area contributed by atoms with E-state index in [1.165, 1.54) is 20.1 Å². The van der Waals surface area contributed by atoms with Crippen molar-refractivity contribution in [1.82, 2.24) is 0 Å². The van der Waals surface area contributed by atoms with Crippen molar-refractivity contribution in [3.8, 4) is 11.5 Å². The van der Waals surface area contributed by atoms with E-state index in [0.717, 1.165) is 9.79 Å². The van der Waals surface area contributed by atoms with E-state index < -0.39 is 4.92 Å². The number of nitrogens with zero attached hydrogens (tertiary/aromatic N) is 1. The molecule has 0 aliphatic carbocycles. The van der Waals surface area contributed by atoms with Crippen LogP contribution in [-0.2, 0) is 0 Å². The van der Waals surface area contributed by atoms with Gasteiger partial charge in [0.25, 0.3) is 0 Å². The molecule has 23 heavy (non-hydrogen) atoms. The lowest BCUT2D eigenvalue weighted by Gasteiger charge is -2.13. The van der Waals surface area contributed by atoms with Crippen molar-refractivity contribution in [2.24, 2.45) is 0 Å². The van der Waals surface area contributed by atoms with E-state index in [9.17, 15) is 10.1 Å². The maximum Gasteiger partial charge on any atom is 0.243 e. The monoisotopic (exact) mass is 331 g/mol. The lowest BCUT2D eigenvalue weighted by Crippen LogP contribution is -1.96. The molecule has 0 aromatic heterocycles. The van der Waals surface area contributed by atoms with Gasteiger partial charge in [-0.1, -0.05) is 30.0 Å². The summed E-state index contributed by atoms with van der Waals surface area (Å²) in [5.74, 6) is 1.20. The Hall–Kier alpha value is -2.47. The van der Waals surface area contributed by atoms with Crippen LogP contribution < -0.4 is 9.47 Å². The predicted molar refractivity (Wildman–Crippen MR) is 90.8 cm³/mol. The molecule has 5 nitrogen and oxygen atoms in total. The van der Waals surface area contributed by atoms with Crippen LogP contribution in [0, 0.1) is 10.1 Å². The van der Waals surface area contributed by atoms with Gasteiger partial charge in [-0.3, -0.25) is 10.1 Å². The molecular weight excluding hydrogens is 314 g/mol. The first-order valence-electron chi connectivity index (χ1n) is 6.86. The number of benzene rings is 2. The Labute approximate surface area is 139 Å². The molecule has 0 N–H and O–H groups in total. The summed E-state index contributed by atoms with van der Waals surface area (Å²) in [6.45, 7) is 1.44. The minimum atomic E-state index is -0.432. The predicted octanol–water partition coefficient (Wildman–Crippen LogP) is 4.49. The number of methoxy groups -OCH3 is 2. The van der Waals surface area contributed by atoms with E-state index in [4.69, 9.17) is 9.47 Å². The topological polar surface area (TPSA) is 61.6 Å². The van der Waals surface area contributed by atoms with Gasteiger partial charge in [-0.25, -0.2) is 0 Å². The molecule has 2 aromatic rings. The Balaban J connectivity index is 2.45. The van der Waals surface area contributed by atoms with Crippen molar-refractivity contribution in [3.05, 3.63) is 63.8 Å². The van der Waals surface area contributed by atoms with E-state index in [-0.39, 0.29) is 5.70 Å². The minimum Gasteiger partial charge on any atom is -0.496 e. The Morgan fingerprint density at radius 3 is 2.35 bits per heavy atom. The minimum absolute atomic E-state index is 0.0359. The average Bonchev–Trinajstić information content (AvgIpc) is 2.56. The fraction of sp³-hybridized carbons (Fsp3) is 0.176. The number of hydrogen-bond donors (Lipinski definition) is 0. The largest absolute Gasteiger partial charge is 0.496 e. The fourth-order valence-corrected chi connectivity index (χ4v) is 2.94. The average molecular weight is 331 g/mol. The number of nitro groups is 1. The Kier molecular flexibility index (Phi) is 5.65. The lowest BCUT2D eigenvalue weighted by atomic mass is 10.1. The van der Waals surface area contributed by atoms with Crippen molar-refractivity contribution in [2.75, 3.05) is 14.2 Å². The molecule has 0 heterocycles. The van der Waals surface area contributed by atoms with Crippen LogP contribution >= 0.6 is 11.8 Å². The maximum absolute atomic E-state index is 10.8. The second-order valence-electron chi connectivity index (χ2n) is 4.70. The molecular formula is C17H17NO4S. The van der Waals surface area contributed by atoms with Crippen molar-refractivity contribution >= 4 is 17.8 Å². The van der Waals surface area contributed by atoms with E-state index in [1.54, 1.807) is 24.9 Å². The van der Waals surface area contributed by atoms with E-state index in [2.05, 4.69) is 0 Å². The maximum atomic E-state index is 10.8. The standard InChI is InChI=1S/C17H17NO4S/c1-12(18(19)20)9-13-10-16(22-3)17(11-15(13)21-2)23-14-7-5-4-6-8-14/h4-11H,1-3H3/b12-9+. The highest BCUT2D eigenvalue weighted by atomic mass is 32.2. The van der Waals surface area contributed by atoms with Gasteiger partial charge in [-0.05, 0) is 24.3 Å². The SMILES string of the molecule is COc1cc(Sc2ccccc2)c(OC)cc1/C=C(\C)[N+](=O)[O-]. The van der Waals surface area contributed by atoms with Gasteiger partial charge in [-0.15, -0.1) is 0 Å². The van der Waals surface area contributed by atoms with Crippen LogP contribution in [0.25, 0.3) is 6.08 Å². The first-order chi connectivity index (χ1) is 11.0. The molecule has 0 saturated heterocycles. The summed E-state index contributed by atoms with van der Waals surface area (Å²) >= 11 is 1.54. The molecule has 0 unspecified atom stereocenters. The fourth-order valence-electron chi connectivity index (χ4n) is 1.98. The first-order valence-corrected chi connectivity index (χ1v) is 7.68. The van der Waals surface area contributed by atoms with Crippen molar-refractivity contribution < 1.29 is 14.4 Å². The van der Waals surface area contributed by atoms with Crippen molar-refractivity contribution in [3.63, 3.8) is 0 Å². The highest BCUT2D eigenvalue weighted by Crippen LogP contribution is 2.39. The van der Waals surface area contributed by atoms with Crippen LogP contribution in [0.5, 0.6) is 11.5 Å². The van der Waals surface area contributed by atoms with Gasteiger partial charge in [0.05, 0.1) is 24.0 Å². The van der Waals surface area contributed by atoms with Crippen LogP contribution in [0.15, 0.2) is 58.0 Å². The number of allylic oxidation sites excluding steroid dienone is 1. The van der Waals surface area contributed by atoms with Crippen LogP contribution in [0.2, 0.25) is 0 Å². The molecule has 0 aliphatic rings. The Morgan fingerprint density at radius 2 is 1.78 bits per heavy atom. The van der Waals surface area contributed by atoms with Gasteiger partial charge in [0, 0.05) is 23.5 Å². The van der Waals surface area contributed by atoms with E-state index in [0.29, 0.717) is 17.1 Å². The van der Waals surface area contributed by atoms with Crippen molar-refractivity contribution in [1.29, 1.82) is 0 Å². The number of hydrogen-bond acceptors (Lipinski definition) is 5. The summed E-state index contributed by atoms with van der Waals surface area (Å²) in [4.78, 5) is 12.3. The molecule has 0 fully saturated rings. The Bertz CT molecular complexity index is 729. The van der Waals surface area contributed by atoms with Crippen LogP contribution in [0.1, 0.15) is 12.5 Å². The molecule has 2 rings (SSSR count). The molecule has 6 heteroatoms.